The third-order valence-corrected chi connectivity index (χ3v) is 5.95. The molecular formula is C18H16N2O5S2. The van der Waals surface area contributed by atoms with Crippen molar-refractivity contribution in [3.05, 3.63) is 72.5 Å². The summed E-state index contributed by atoms with van der Waals surface area (Å²) >= 11 is 2.37. The predicted octanol–water partition coefficient (Wildman–Crippen LogP) is 4.22. The molecule has 0 aliphatic carbocycles. The zero-order chi connectivity index (χ0) is 19.6. The molecule has 0 fully saturated rings. The molecule has 0 amide bonds. The minimum absolute atomic E-state index is 0.0951. The van der Waals surface area contributed by atoms with Gasteiger partial charge in [-0.2, -0.15) is 0 Å². The molecule has 3 rings (SSSR count). The quantitative estimate of drug-likeness (QED) is 0.254. The summed E-state index contributed by atoms with van der Waals surface area (Å²) in [4.78, 5) is 35.9. The monoisotopic (exact) mass is 404 g/mol. The lowest BCUT2D eigenvalue weighted by atomic mass is 10.1. The van der Waals surface area contributed by atoms with Gasteiger partial charge in [-0.15, -0.1) is 11.3 Å². The van der Waals surface area contributed by atoms with Crippen molar-refractivity contribution in [2.45, 2.75) is 20.4 Å². The number of carbonyl (C=O) groups excluding carboxylic acids is 2. The van der Waals surface area contributed by atoms with E-state index >= 15 is 0 Å². The second kappa shape index (κ2) is 7.85. The molecule has 0 aliphatic heterocycles. The molecular weight excluding hydrogens is 388 g/mol. The van der Waals surface area contributed by atoms with Crippen LogP contribution in [-0.4, -0.2) is 27.8 Å². The van der Waals surface area contributed by atoms with Crippen molar-refractivity contribution in [3.8, 4) is 0 Å². The standard InChI is InChI=1S/C18H16N2O5S2/c1-11-8-14(12(2)19(11)9-13-4-3-7-26-13)15(21)10-25-18(22)16-5-6-17(27-16)20(23)24/h3-8H,9-10H2,1-2H3. The molecule has 0 aromatic carbocycles. The summed E-state index contributed by atoms with van der Waals surface area (Å²) in [5.74, 6) is -1.05. The van der Waals surface area contributed by atoms with E-state index in [2.05, 4.69) is 0 Å². The second-order valence-corrected chi connectivity index (χ2v) is 7.94. The van der Waals surface area contributed by atoms with E-state index in [-0.39, 0.29) is 15.7 Å². The summed E-state index contributed by atoms with van der Waals surface area (Å²) in [5, 5.41) is 12.5. The van der Waals surface area contributed by atoms with Gasteiger partial charge >= 0.3 is 11.0 Å². The predicted molar refractivity (Wildman–Crippen MR) is 103 cm³/mol. The van der Waals surface area contributed by atoms with Gasteiger partial charge in [0, 0.05) is 27.9 Å². The summed E-state index contributed by atoms with van der Waals surface area (Å²) in [7, 11) is 0. The van der Waals surface area contributed by atoms with Gasteiger partial charge in [-0.1, -0.05) is 17.4 Å². The SMILES string of the molecule is Cc1cc(C(=O)COC(=O)c2ccc([N+](=O)[O-])s2)c(C)n1Cc1cccs1. The number of aromatic nitrogens is 1. The molecule has 0 radical (unpaired) electrons. The fourth-order valence-electron chi connectivity index (χ4n) is 2.70. The Morgan fingerprint density at radius 1 is 1.26 bits per heavy atom. The smallest absolute Gasteiger partial charge is 0.349 e. The number of esters is 1. The van der Waals surface area contributed by atoms with Crippen LogP contribution in [0.5, 0.6) is 0 Å². The topological polar surface area (TPSA) is 91.4 Å². The molecule has 0 saturated heterocycles. The van der Waals surface area contributed by atoms with Gasteiger partial charge in [-0.25, -0.2) is 4.79 Å². The average molecular weight is 404 g/mol. The number of nitrogens with zero attached hydrogens (tertiary/aromatic N) is 2. The van der Waals surface area contributed by atoms with Crippen LogP contribution in [0.25, 0.3) is 0 Å². The van der Waals surface area contributed by atoms with Crippen LogP contribution in [0.1, 0.15) is 36.3 Å². The van der Waals surface area contributed by atoms with Crippen molar-refractivity contribution in [3.63, 3.8) is 0 Å². The highest BCUT2D eigenvalue weighted by Crippen LogP contribution is 2.25. The molecule has 7 nitrogen and oxygen atoms in total. The maximum Gasteiger partial charge on any atom is 0.349 e. The number of nitro groups is 1. The van der Waals surface area contributed by atoms with Crippen molar-refractivity contribution < 1.29 is 19.2 Å². The first kappa shape index (κ1) is 19.0. The number of thiophene rings is 2. The van der Waals surface area contributed by atoms with E-state index < -0.39 is 17.5 Å². The molecule has 3 aromatic heterocycles. The number of rotatable bonds is 7. The van der Waals surface area contributed by atoms with Crippen LogP contribution in [-0.2, 0) is 11.3 Å². The molecule has 0 unspecified atom stereocenters. The van der Waals surface area contributed by atoms with Crippen LogP contribution >= 0.6 is 22.7 Å². The van der Waals surface area contributed by atoms with E-state index in [1.54, 1.807) is 17.4 Å². The number of Topliss-reactive ketones (excluding diaryl/α,β-unsaturated/α-hetero) is 1. The van der Waals surface area contributed by atoms with Crippen molar-refractivity contribution in [1.29, 1.82) is 0 Å². The van der Waals surface area contributed by atoms with Crippen LogP contribution in [0.4, 0.5) is 5.00 Å². The van der Waals surface area contributed by atoms with E-state index in [1.165, 1.54) is 17.0 Å². The van der Waals surface area contributed by atoms with E-state index in [0.29, 0.717) is 12.1 Å². The Hall–Kier alpha value is -2.78. The molecule has 27 heavy (non-hydrogen) atoms. The zero-order valence-electron chi connectivity index (χ0n) is 14.6. The Morgan fingerprint density at radius 2 is 2.04 bits per heavy atom. The summed E-state index contributed by atoms with van der Waals surface area (Å²) < 4.78 is 7.08. The largest absolute Gasteiger partial charge is 0.453 e. The lowest BCUT2D eigenvalue weighted by Gasteiger charge is -2.08. The van der Waals surface area contributed by atoms with E-state index in [9.17, 15) is 19.7 Å². The van der Waals surface area contributed by atoms with Crippen molar-refractivity contribution in [1.82, 2.24) is 4.57 Å². The molecule has 140 valence electrons. The van der Waals surface area contributed by atoms with Crippen LogP contribution in [0.15, 0.2) is 35.7 Å². The van der Waals surface area contributed by atoms with Crippen molar-refractivity contribution in [2.24, 2.45) is 0 Å². The van der Waals surface area contributed by atoms with Gasteiger partial charge in [-0.05, 0) is 37.4 Å². The lowest BCUT2D eigenvalue weighted by molar-refractivity contribution is -0.380. The minimum atomic E-state index is -0.742. The Labute approximate surface area is 163 Å². The Bertz CT molecular complexity index is 1000. The number of aryl methyl sites for hydroxylation is 1. The lowest BCUT2D eigenvalue weighted by Crippen LogP contribution is -2.14. The molecule has 3 heterocycles. The third kappa shape index (κ3) is 4.15. The molecule has 3 aromatic rings. The summed E-state index contributed by atoms with van der Waals surface area (Å²) in [6.45, 7) is 4.06. The Morgan fingerprint density at radius 3 is 2.67 bits per heavy atom. The molecule has 9 heteroatoms. The highest BCUT2D eigenvalue weighted by Gasteiger charge is 2.20. The maximum atomic E-state index is 12.5. The Balaban J connectivity index is 1.67. The van der Waals surface area contributed by atoms with Crippen LogP contribution in [0.3, 0.4) is 0 Å². The van der Waals surface area contributed by atoms with Gasteiger partial charge < -0.3 is 9.30 Å². The van der Waals surface area contributed by atoms with E-state index in [0.717, 1.165) is 22.7 Å². The molecule has 0 aliphatic rings. The van der Waals surface area contributed by atoms with Crippen molar-refractivity contribution >= 4 is 39.4 Å². The maximum absolute atomic E-state index is 12.5. The van der Waals surface area contributed by atoms with Gasteiger partial charge in [0.25, 0.3) is 0 Å². The molecule has 0 N–H and O–H groups in total. The minimum Gasteiger partial charge on any atom is -0.453 e. The number of hydrogen-bond donors (Lipinski definition) is 0. The van der Waals surface area contributed by atoms with Crippen LogP contribution < -0.4 is 0 Å². The van der Waals surface area contributed by atoms with Crippen LogP contribution in [0, 0.1) is 24.0 Å². The van der Waals surface area contributed by atoms with Gasteiger partial charge in [-0.3, -0.25) is 14.9 Å². The van der Waals surface area contributed by atoms with E-state index in [4.69, 9.17) is 4.74 Å². The zero-order valence-corrected chi connectivity index (χ0v) is 16.3. The van der Waals surface area contributed by atoms with Gasteiger partial charge in [0.05, 0.1) is 11.5 Å². The summed E-state index contributed by atoms with van der Waals surface area (Å²) in [5.41, 5.74) is 2.27. The first-order chi connectivity index (χ1) is 12.9. The van der Waals surface area contributed by atoms with Crippen molar-refractivity contribution in [2.75, 3.05) is 6.61 Å². The first-order valence-corrected chi connectivity index (χ1v) is 9.70. The molecule has 0 saturated carbocycles. The van der Waals surface area contributed by atoms with Gasteiger partial charge in [0.2, 0.25) is 5.78 Å². The third-order valence-electron chi connectivity index (χ3n) is 4.08. The van der Waals surface area contributed by atoms with E-state index in [1.807, 2.05) is 35.9 Å². The number of ketones is 1. The Kier molecular flexibility index (Phi) is 5.52. The van der Waals surface area contributed by atoms with Gasteiger partial charge in [0.15, 0.2) is 6.61 Å². The number of hydrogen-bond acceptors (Lipinski definition) is 7. The molecule has 0 spiro atoms. The first-order valence-electron chi connectivity index (χ1n) is 8.00. The molecule has 0 atom stereocenters. The summed E-state index contributed by atoms with van der Waals surface area (Å²) in [6.07, 6.45) is 0. The second-order valence-electron chi connectivity index (χ2n) is 5.84. The summed E-state index contributed by atoms with van der Waals surface area (Å²) in [6, 6.07) is 8.36. The fourth-order valence-corrected chi connectivity index (χ4v) is 4.11. The molecule has 0 bridgehead atoms. The number of ether oxygens (including phenoxy) is 1. The number of carbonyl (C=O) groups is 2. The van der Waals surface area contributed by atoms with Crippen LogP contribution in [0.2, 0.25) is 0 Å². The normalized spacial score (nSPS) is 10.7. The highest BCUT2D eigenvalue weighted by molar-refractivity contribution is 7.17. The average Bonchev–Trinajstić information content (AvgIpc) is 3.36. The fraction of sp³-hybridized carbons (Fsp3) is 0.222. The van der Waals surface area contributed by atoms with Gasteiger partial charge in [0.1, 0.15) is 4.88 Å². The highest BCUT2D eigenvalue weighted by atomic mass is 32.1.